The Balaban J connectivity index is 2.15. The second-order valence-corrected chi connectivity index (χ2v) is 5.02. The fraction of sp³-hybridized carbons (Fsp3) is 0.0667. The number of H-pyrrole nitrogens is 1. The van der Waals surface area contributed by atoms with Crippen molar-refractivity contribution in [2.75, 3.05) is 0 Å². The van der Waals surface area contributed by atoms with Gasteiger partial charge in [-0.1, -0.05) is 11.6 Å². The first-order chi connectivity index (χ1) is 9.54. The number of aromatic amines is 1. The number of carboxylic acid groups (broad SMARTS) is 1. The van der Waals surface area contributed by atoms with Crippen LogP contribution in [0.15, 0.2) is 36.4 Å². The lowest BCUT2D eigenvalue weighted by Gasteiger charge is -2.02. The molecule has 0 amide bonds. The Hall–Kier alpha value is -2.33. The highest BCUT2D eigenvalue weighted by Gasteiger charge is 2.10. The monoisotopic (exact) mass is 286 g/mol. The van der Waals surface area contributed by atoms with E-state index in [1.54, 1.807) is 24.3 Å². The molecule has 0 radical (unpaired) electrons. The van der Waals surface area contributed by atoms with Gasteiger partial charge < -0.3 is 10.1 Å². The van der Waals surface area contributed by atoms with Crippen LogP contribution in [0.1, 0.15) is 15.9 Å². The third-order valence-corrected chi connectivity index (χ3v) is 3.41. The van der Waals surface area contributed by atoms with Crippen LogP contribution in [0, 0.1) is 6.92 Å². The van der Waals surface area contributed by atoms with Crippen molar-refractivity contribution >= 4 is 28.6 Å². The molecule has 1 aromatic heterocycles. The Morgan fingerprint density at radius 2 is 2.05 bits per heavy atom. The lowest BCUT2D eigenvalue weighted by molar-refractivity contribution is 0.0697. The molecular weight excluding hydrogens is 276 g/mol. The molecular formula is C15H11ClN2O2. The average molecular weight is 287 g/mol. The predicted molar refractivity (Wildman–Crippen MR) is 78.2 cm³/mol. The zero-order valence-electron chi connectivity index (χ0n) is 10.6. The average Bonchev–Trinajstić information content (AvgIpc) is 2.80. The van der Waals surface area contributed by atoms with Gasteiger partial charge in [0.25, 0.3) is 0 Å². The summed E-state index contributed by atoms with van der Waals surface area (Å²) in [6.45, 7) is 1.96. The number of hydrogen-bond donors (Lipinski definition) is 2. The first-order valence-corrected chi connectivity index (χ1v) is 6.42. The van der Waals surface area contributed by atoms with E-state index in [0.717, 1.165) is 16.6 Å². The summed E-state index contributed by atoms with van der Waals surface area (Å²) in [5, 5.41) is 9.67. The molecule has 0 aliphatic carbocycles. The maximum absolute atomic E-state index is 11.0. The van der Waals surface area contributed by atoms with Crippen molar-refractivity contribution in [2.45, 2.75) is 6.92 Å². The minimum absolute atomic E-state index is 0.237. The number of carboxylic acids is 1. The summed E-state index contributed by atoms with van der Waals surface area (Å²) < 4.78 is 0. The van der Waals surface area contributed by atoms with Gasteiger partial charge in [-0.15, -0.1) is 0 Å². The molecule has 0 saturated heterocycles. The van der Waals surface area contributed by atoms with Crippen molar-refractivity contribution < 1.29 is 9.90 Å². The van der Waals surface area contributed by atoms with E-state index in [-0.39, 0.29) is 5.56 Å². The standard InChI is InChI=1S/C15H11ClN2O2/c1-8-6-10(16)3-4-11(8)14-17-12-5-2-9(15(19)20)7-13(12)18-14/h2-7H,1H3,(H,17,18)(H,19,20). The fourth-order valence-corrected chi connectivity index (χ4v) is 2.39. The van der Waals surface area contributed by atoms with Crippen LogP contribution in [-0.4, -0.2) is 21.0 Å². The van der Waals surface area contributed by atoms with Crippen molar-refractivity contribution in [1.29, 1.82) is 0 Å². The normalized spacial score (nSPS) is 10.9. The lowest BCUT2D eigenvalue weighted by atomic mass is 10.1. The Labute approximate surface area is 120 Å². The molecule has 2 N–H and O–H groups in total. The number of halogens is 1. The summed E-state index contributed by atoms with van der Waals surface area (Å²) in [5.74, 6) is -0.248. The van der Waals surface area contributed by atoms with Gasteiger partial charge in [0.15, 0.2) is 0 Å². The maximum atomic E-state index is 11.0. The number of aromatic carboxylic acids is 1. The van der Waals surface area contributed by atoms with E-state index in [4.69, 9.17) is 16.7 Å². The Kier molecular flexibility index (Phi) is 2.95. The maximum Gasteiger partial charge on any atom is 0.335 e. The second kappa shape index (κ2) is 4.65. The zero-order chi connectivity index (χ0) is 14.3. The van der Waals surface area contributed by atoms with Crippen LogP contribution in [0.3, 0.4) is 0 Å². The van der Waals surface area contributed by atoms with Gasteiger partial charge in [-0.05, 0) is 48.9 Å². The van der Waals surface area contributed by atoms with E-state index in [1.807, 2.05) is 19.1 Å². The number of benzene rings is 2. The van der Waals surface area contributed by atoms with Crippen LogP contribution >= 0.6 is 11.6 Å². The molecule has 100 valence electrons. The van der Waals surface area contributed by atoms with E-state index in [0.29, 0.717) is 16.4 Å². The number of hydrogen-bond acceptors (Lipinski definition) is 2. The van der Waals surface area contributed by atoms with Gasteiger partial charge in [-0.25, -0.2) is 9.78 Å². The lowest BCUT2D eigenvalue weighted by Crippen LogP contribution is -1.94. The smallest absolute Gasteiger partial charge is 0.335 e. The molecule has 3 aromatic rings. The fourth-order valence-electron chi connectivity index (χ4n) is 2.16. The van der Waals surface area contributed by atoms with Gasteiger partial charge in [-0.2, -0.15) is 0 Å². The number of aryl methyl sites for hydroxylation is 1. The van der Waals surface area contributed by atoms with E-state index in [9.17, 15) is 4.79 Å². The molecule has 0 aliphatic rings. The summed E-state index contributed by atoms with van der Waals surface area (Å²) in [7, 11) is 0. The minimum Gasteiger partial charge on any atom is -0.478 e. The number of nitrogens with zero attached hydrogens (tertiary/aromatic N) is 1. The topological polar surface area (TPSA) is 66.0 Å². The van der Waals surface area contributed by atoms with Crippen LogP contribution in [-0.2, 0) is 0 Å². The van der Waals surface area contributed by atoms with Crippen molar-refractivity contribution in [3.8, 4) is 11.4 Å². The van der Waals surface area contributed by atoms with E-state index >= 15 is 0 Å². The third kappa shape index (κ3) is 2.14. The Bertz CT molecular complexity index is 824. The molecule has 1 heterocycles. The minimum atomic E-state index is -0.953. The van der Waals surface area contributed by atoms with Crippen molar-refractivity contribution in [1.82, 2.24) is 9.97 Å². The molecule has 0 unspecified atom stereocenters. The van der Waals surface area contributed by atoms with Gasteiger partial charge in [0.1, 0.15) is 5.82 Å². The van der Waals surface area contributed by atoms with E-state index < -0.39 is 5.97 Å². The van der Waals surface area contributed by atoms with Crippen LogP contribution in [0.2, 0.25) is 5.02 Å². The SMILES string of the molecule is Cc1cc(Cl)ccc1-c1nc2ccc(C(=O)O)cc2[nH]1. The highest BCUT2D eigenvalue weighted by molar-refractivity contribution is 6.30. The number of carbonyl (C=O) groups is 1. The van der Waals surface area contributed by atoms with Crippen LogP contribution in [0.25, 0.3) is 22.4 Å². The van der Waals surface area contributed by atoms with Crippen LogP contribution in [0.4, 0.5) is 0 Å². The summed E-state index contributed by atoms with van der Waals surface area (Å²) >= 11 is 5.94. The van der Waals surface area contributed by atoms with Crippen molar-refractivity contribution in [3.05, 3.63) is 52.5 Å². The number of nitrogens with one attached hydrogen (secondary N) is 1. The predicted octanol–water partition coefficient (Wildman–Crippen LogP) is 3.89. The second-order valence-electron chi connectivity index (χ2n) is 4.58. The van der Waals surface area contributed by atoms with Gasteiger partial charge in [-0.3, -0.25) is 0 Å². The first-order valence-electron chi connectivity index (χ1n) is 6.04. The van der Waals surface area contributed by atoms with Crippen LogP contribution < -0.4 is 0 Å². The molecule has 0 aliphatic heterocycles. The molecule has 0 fully saturated rings. The van der Waals surface area contributed by atoms with Crippen molar-refractivity contribution in [2.24, 2.45) is 0 Å². The number of fused-ring (bicyclic) bond motifs is 1. The number of imidazole rings is 1. The largest absolute Gasteiger partial charge is 0.478 e. The molecule has 4 nitrogen and oxygen atoms in total. The molecule has 3 rings (SSSR count). The summed E-state index contributed by atoms with van der Waals surface area (Å²) in [6.07, 6.45) is 0. The summed E-state index contributed by atoms with van der Waals surface area (Å²) in [6, 6.07) is 10.4. The van der Waals surface area contributed by atoms with Gasteiger partial charge in [0.2, 0.25) is 0 Å². The highest BCUT2D eigenvalue weighted by atomic mass is 35.5. The molecule has 0 atom stereocenters. The molecule has 5 heteroatoms. The van der Waals surface area contributed by atoms with Gasteiger partial charge >= 0.3 is 5.97 Å². The molecule has 0 bridgehead atoms. The van der Waals surface area contributed by atoms with Crippen molar-refractivity contribution in [3.63, 3.8) is 0 Å². The van der Waals surface area contributed by atoms with Gasteiger partial charge in [0, 0.05) is 10.6 Å². The van der Waals surface area contributed by atoms with Gasteiger partial charge in [0.05, 0.1) is 16.6 Å². The first kappa shape index (κ1) is 12.7. The molecule has 0 spiro atoms. The summed E-state index contributed by atoms with van der Waals surface area (Å²) in [5.41, 5.74) is 3.63. The quantitative estimate of drug-likeness (QED) is 0.751. The molecule has 0 saturated carbocycles. The molecule has 2 aromatic carbocycles. The Morgan fingerprint density at radius 3 is 2.75 bits per heavy atom. The zero-order valence-corrected chi connectivity index (χ0v) is 11.4. The number of rotatable bonds is 2. The number of aromatic nitrogens is 2. The third-order valence-electron chi connectivity index (χ3n) is 3.17. The van der Waals surface area contributed by atoms with E-state index in [1.165, 1.54) is 0 Å². The summed E-state index contributed by atoms with van der Waals surface area (Å²) in [4.78, 5) is 18.6. The Morgan fingerprint density at radius 1 is 1.25 bits per heavy atom. The molecule has 20 heavy (non-hydrogen) atoms. The van der Waals surface area contributed by atoms with E-state index in [2.05, 4.69) is 9.97 Å². The highest BCUT2D eigenvalue weighted by Crippen LogP contribution is 2.26. The van der Waals surface area contributed by atoms with Crippen LogP contribution in [0.5, 0.6) is 0 Å².